The minimum atomic E-state index is 0.475. The van der Waals surface area contributed by atoms with Crippen LogP contribution in [0.4, 0.5) is 0 Å². The summed E-state index contributed by atoms with van der Waals surface area (Å²) in [6, 6.07) is 25.5. The van der Waals surface area contributed by atoms with Crippen LogP contribution in [0.3, 0.4) is 0 Å². The number of fused-ring (bicyclic) bond motifs is 8. The fraction of sp³-hybridized carbons (Fsp3) is 0.294. The van der Waals surface area contributed by atoms with E-state index in [9.17, 15) is 0 Å². The first-order valence-electron chi connectivity index (χ1n) is 13.3. The molecule has 0 fully saturated rings. The van der Waals surface area contributed by atoms with Gasteiger partial charge in [0.2, 0.25) is 0 Å². The van der Waals surface area contributed by atoms with Gasteiger partial charge >= 0.3 is 0 Å². The van der Waals surface area contributed by atoms with Crippen LogP contribution in [0.25, 0.3) is 0 Å². The van der Waals surface area contributed by atoms with Crippen molar-refractivity contribution in [2.45, 2.75) is 25.7 Å². The standard InChI is InChI=1S/C34H36O5/c1-35-17-18-39-34-29-15-8-16-30(34)22-28-14-7-12-26(33(28)38-4)20-24-10-5-9-23(31(24)36-2)19-25-11-6-13-27(21-29)32(25)37-3/h5-16H,17-22H2,1-4H3. The quantitative estimate of drug-likeness (QED) is 0.230. The molecule has 1 aliphatic rings. The summed E-state index contributed by atoms with van der Waals surface area (Å²) >= 11 is 0. The first-order chi connectivity index (χ1) is 19.2. The van der Waals surface area contributed by atoms with Gasteiger partial charge in [0, 0.05) is 32.8 Å². The highest BCUT2D eigenvalue weighted by Crippen LogP contribution is 2.38. The minimum absolute atomic E-state index is 0.475. The summed E-state index contributed by atoms with van der Waals surface area (Å²) in [5, 5.41) is 0. The van der Waals surface area contributed by atoms with Gasteiger partial charge in [-0.2, -0.15) is 0 Å². The molecule has 0 heterocycles. The van der Waals surface area contributed by atoms with E-state index in [1.54, 1.807) is 28.4 Å². The Balaban J connectivity index is 1.72. The Morgan fingerprint density at radius 1 is 0.410 bits per heavy atom. The summed E-state index contributed by atoms with van der Waals surface area (Å²) in [4.78, 5) is 0. The molecule has 0 aromatic heterocycles. The maximum Gasteiger partial charge on any atom is 0.126 e. The molecule has 5 rings (SSSR count). The second-order valence-electron chi connectivity index (χ2n) is 9.78. The van der Waals surface area contributed by atoms with E-state index in [2.05, 4.69) is 72.8 Å². The van der Waals surface area contributed by atoms with Gasteiger partial charge in [-0.25, -0.2) is 0 Å². The zero-order valence-corrected chi connectivity index (χ0v) is 23.2. The summed E-state index contributed by atoms with van der Waals surface area (Å²) in [6.07, 6.45) is 2.76. The molecule has 5 heteroatoms. The summed E-state index contributed by atoms with van der Waals surface area (Å²) < 4.78 is 29.7. The molecule has 1 aliphatic carbocycles. The maximum atomic E-state index is 6.39. The Hall–Kier alpha value is -3.96. The molecule has 0 aliphatic heterocycles. The third-order valence-corrected chi connectivity index (χ3v) is 7.38. The highest BCUT2D eigenvalue weighted by Gasteiger charge is 2.20. The zero-order valence-electron chi connectivity index (χ0n) is 23.2. The molecule has 0 atom stereocenters. The lowest BCUT2D eigenvalue weighted by atomic mass is 9.91. The van der Waals surface area contributed by atoms with E-state index in [0.717, 1.165) is 67.5 Å². The third-order valence-electron chi connectivity index (χ3n) is 7.38. The Bertz CT molecular complexity index is 1350. The summed E-state index contributed by atoms with van der Waals surface area (Å²) in [7, 11) is 6.94. The lowest BCUT2D eigenvalue weighted by molar-refractivity contribution is 0.145. The Morgan fingerprint density at radius 3 is 0.949 bits per heavy atom. The fourth-order valence-corrected chi connectivity index (χ4v) is 5.69. The van der Waals surface area contributed by atoms with Crippen LogP contribution < -0.4 is 18.9 Å². The molecule has 5 nitrogen and oxygen atoms in total. The number of ether oxygens (including phenoxy) is 5. The van der Waals surface area contributed by atoms with Crippen molar-refractivity contribution in [1.82, 2.24) is 0 Å². The molecule has 4 aromatic carbocycles. The minimum Gasteiger partial charge on any atom is -0.496 e. The van der Waals surface area contributed by atoms with Crippen LogP contribution in [0.1, 0.15) is 44.5 Å². The van der Waals surface area contributed by atoms with Crippen LogP contribution in [0.2, 0.25) is 0 Å². The first-order valence-corrected chi connectivity index (χ1v) is 13.3. The lowest BCUT2D eigenvalue weighted by Crippen LogP contribution is -2.10. The zero-order chi connectivity index (χ0) is 27.2. The smallest absolute Gasteiger partial charge is 0.126 e. The SMILES string of the molecule is COCCOc1c2cccc1Cc1cccc(c1OC)Cc1cccc(c1OC)Cc1cccc(c1OC)C2. The Kier molecular flexibility index (Phi) is 8.38. The van der Waals surface area contributed by atoms with Gasteiger partial charge < -0.3 is 23.7 Å². The third kappa shape index (κ3) is 5.59. The van der Waals surface area contributed by atoms with Gasteiger partial charge in [-0.05, 0) is 44.5 Å². The number of para-hydroxylation sites is 4. The van der Waals surface area contributed by atoms with E-state index >= 15 is 0 Å². The van der Waals surface area contributed by atoms with Crippen molar-refractivity contribution in [2.75, 3.05) is 41.7 Å². The number of benzene rings is 4. The van der Waals surface area contributed by atoms with Crippen LogP contribution in [-0.2, 0) is 30.4 Å². The molecule has 0 amide bonds. The predicted octanol–water partition coefficient (Wildman–Crippen LogP) is 6.41. The van der Waals surface area contributed by atoms with E-state index in [4.69, 9.17) is 23.7 Å². The molecule has 0 N–H and O–H groups in total. The summed E-state index contributed by atoms with van der Waals surface area (Å²) in [5.74, 6) is 3.60. The first kappa shape index (κ1) is 26.6. The Labute approximate surface area is 231 Å². The van der Waals surface area contributed by atoms with E-state index in [1.807, 2.05) is 0 Å². The summed E-state index contributed by atoms with van der Waals surface area (Å²) in [5.41, 5.74) is 8.94. The van der Waals surface area contributed by atoms with Crippen LogP contribution in [-0.4, -0.2) is 41.7 Å². The van der Waals surface area contributed by atoms with Crippen molar-refractivity contribution in [2.24, 2.45) is 0 Å². The van der Waals surface area contributed by atoms with Gasteiger partial charge in [-0.15, -0.1) is 0 Å². The highest BCUT2D eigenvalue weighted by molar-refractivity contribution is 5.55. The second-order valence-corrected chi connectivity index (χ2v) is 9.78. The van der Waals surface area contributed by atoms with Crippen molar-refractivity contribution < 1.29 is 23.7 Å². The molecule has 0 saturated heterocycles. The fourth-order valence-electron chi connectivity index (χ4n) is 5.69. The van der Waals surface area contributed by atoms with Crippen LogP contribution in [0.15, 0.2) is 72.8 Å². The predicted molar refractivity (Wildman–Crippen MR) is 154 cm³/mol. The monoisotopic (exact) mass is 524 g/mol. The molecule has 0 unspecified atom stereocenters. The van der Waals surface area contributed by atoms with E-state index in [0.29, 0.717) is 38.9 Å². The van der Waals surface area contributed by atoms with Crippen LogP contribution in [0.5, 0.6) is 23.0 Å². The van der Waals surface area contributed by atoms with Gasteiger partial charge in [0.25, 0.3) is 0 Å². The van der Waals surface area contributed by atoms with Gasteiger partial charge in [0.05, 0.1) is 27.9 Å². The molecule has 39 heavy (non-hydrogen) atoms. The van der Waals surface area contributed by atoms with Crippen LogP contribution in [0, 0.1) is 0 Å². The van der Waals surface area contributed by atoms with E-state index in [-0.39, 0.29) is 0 Å². The molecular formula is C34H36O5. The van der Waals surface area contributed by atoms with Crippen molar-refractivity contribution in [1.29, 1.82) is 0 Å². The lowest BCUT2D eigenvalue weighted by Gasteiger charge is -2.21. The van der Waals surface area contributed by atoms with Crippen molar-refractivity contribution in [3.05, 3.63) is 117 Å². The van der Waals surface area contributed by atoms with Crippen molar-refractivity contribution in [3.8, 4) is 23.0 Å². The van der Waals surface area contributed by atoms with Crippen molar-refractivity contribution >= 4 is 0 Å². The highest BCUT2D eigenvalue weighted by atomic mass is 16.5. The number of hydrogen-bond acceptors (Lipinski definition) is 5. The molecule has 0 saturated carbocycles. The molecular weight excluding hydrogens is 488 g/mol. The van der Waals surface area contributed by atoms with Crippen LogP contribution >= 0.6 is 0 Å². The van der Waals surface area contributed by atoms with Gasteiger partial charge in [0.15, 0.2) is 0 Å². The number of rotatable bonds is 7. The van der Waals surface area contributed by atoms with Gasteiger partial charge in [-0.3, -0.25) is 0 Å². The number of hydrogen-bond donors (Lipinski definition) is 0. The summed E-state index contributed by atoms with van der Waals surface area (Å²) in [6.45, 7) is 0.994. The number of methoxy groups -OCH3 is 4. The topological polar surface area (TPSA) is 46.2 Å². The van der Waals surface area contributed by atoms with Gasteiger partial charge in [0.1, 0.15) is 29.6 Å². The largest absolute Gasteiger partial charge is 0.496 e. The van der Waals surface area contributed by atoms with E-state index in [1.165, 1.54) is 0 Å². The normalized spacial score (nSPS) is 12.5. The maximum absolute atomic E-state index is 6.39. The average molecular weight is 525 g/mol. The molecule has 202 valence electrons. The van der Waals surface area contributed by atoms with Crippen molar-refractivity contribution in [3.63, 3.8) is 0 Å². The molecule has 4 aromatic rings. The molecule has 0 spiro atoms. The average Bonchev–Trinajstić information content (AvgIpc) is 2.94. The molecule has 8 bridgehead atoms. The second kappa shape index (κ2) is 12.3. The van der Waals surface area contributed by atoms with Gasteiger partial charge in [-0.1, -0.05) is 72.8 Å². The van der Waals surface area contributed by atoms with E-state index < -0.39 is 0 Å². The molecule has 0 radical (unpaired) electrons. The Morgan fingerprint density at radius 2 is 0.692 bits per heavy atom.